The molecule has 2 fully saturated rings. The number of amides is 1. The van der Waals surface area contributed by atoms with Gasteiger partial charge in [0.15, 0.2) is 6.61 Å². The standard InChI is InChI=1S/C21H25Cl2N5O2/c1-15-12-19(26-6-2-3-7-26)25-21(24-15)28-10-8-27(9-11-28)20(29)14-30-18-5-4-16(22)13-17(18)23/h4-5,12-13H,2-3,6-11,14H2,1H3. The van der Waals surface area contributed by atoms with Crippen molar-refractivity contribution in [1.82, 2.24) is 14.9 Å². The number of benzene rings is 1. The van der Waals surface area contributed by atoms with Gasteiger partial charge in [-0.3, -0.25) is 4.79 Å². The lowest BCUT2D eigenvalue weighted by molar-refractivity contribution is -0.133. The van der Waals surface area contributed by atoms with Gasteiger partial charge in [0.2, 0.25) is 5.95 Å². The molecule has 2 saturated heterocycles. The summed E-state index contributed by atoms with van der Waals surface area (Å²) >= 11 is 12.0. The van der Waals surface area contributed by atoms with Crippen LogP contribution in [-0.2, 0) is 4.79 Å². The number of ether oxygens (including phenoxy) is 1. The first-order chi connectivity index (χ1) is 14.5. The first kappa shape index (κ1) is 21.0. The van der Waals surface area contributed by atoms with Gasteiger partial charge in [0, 0.05) is 56.1 Å². The molecule has 0 spiro atoms. The van der Waals surface area contributed by atoms with Gasteiger partial charge in [-0.25, -0.2) is 4.98 Å². The molecule has 1 aromatic heterocycles. The molecule has 7 nitrogen and oxygen atoms in total. The first-order valence-corrected chi connectivity index (χ1v) is 11.0. The highest BCUT2D eigenvalue weighted by atomic mass is 35.5. The maximum Gasteiger partial charge on any atom is 0.260 e. The molecule has 4 rings (SSSR count). The largest absolute Gasteiger partial charge is 0.482 e. The van der Waals surface area contributed by atoms with Crippen molar-refractivity contribution in [2.24, 2.45) is 0 Å². The molecule has 2 aromatic rings. The molecule has 1 amide bonds. The molecule has 3 heterocycles. The monoisotopic (exact) mass is 449 g/mol. The zero-order valence-corrected chi connectivity index (χ0v) is 18.5. The number of carbonyl (C=O) groups is 1. The second kappa shape index (κ2) is 9.27. The summed E-state index contributed by atoms with van der Waals surface area (Å²) in [5.74, 6) is 2.13. The van der Waals surface area contributed by atoms with Gasteiger partial charge in [-0.2, -0.15) is 4.98 Å². The number of piperazine rings is 1. The number of aryl methyl sites for hydroxylation is 1. The number of anilines is 2. The van der Waals surface area contributed by atoms with Crippen LogP contribution in [0.2, 0.25) is 10.0 Å². The average molecular weight is 450 g/mol. The molecule has 2 aliphatic heterocycles. The van der Waals surface area contributed by atoms with E-state index in [0.29, 0.717) is 42.0 Å². The lowest BCUT2D eigenvalue weighted by Gasteiger charge is -2.35. The Bertz CT molecular complexity index is 912. The summed E-state index contributed by atoms with van der Waals surface area (Å²) in [5.41, 5.74) is 0.966. The summed E-state index contributed by atoms with van der Waals surface area (Å²) < 4.78 is 5.58. The number of hydrogen-bond acceptors (Lipinski definition) is 6. The Hall–Kier alpha value is -2.25. The number of hydrogen-bond donors (Lipinski definition) is 0. The van der Waals surface area contributed by atoms with E-state index in [1.807, 2.05) is 13.0 Å². The van der Waals surface area contributed by atoms with Crippen LogP contribution in [0.1, 0.15) is 18.5 Å². The van der Waals surface area contributed by atoms with Crippen molar-refractivity contribution < 1.29 is 9.53 Å². The highest BCUT2D eigenvalue weighted by Crippen LogP contribution is 2.27. The van der Waals surface area contributed by atoms with E-state index in [0.717, 1.165) is 30.5 Å². The summed E-state index contributed by atoms with van der Waals surface area (Å²) in [6.45, 7) is 6.64. The van der Waals surface area contributed by atoms with E-state index in [1.165, 1.54) is 12.8 Å². The fourth-order valence-corrected chi connectivity index (χ4v) is 4.23. The average Bonchev–Trinajstić information content (AvgIpc) is 3.28. The molecule has 0 atom stereocenters. The van der Waals surface area contributed by atoms with Gasteiger partial charge in [-0.1, -0.05) is 23.2 Å². The minimum absolute atomic E-state index is 0.0542. The molecular formula is C21H25Cl2N5O2. The predicted molar refractivity (Wildman–Crippen MR) is 119 cm³/mol. The smallest absolute Gasteiger partial charge is 0.260 e. The van der Waals surface area contributed by atoms with E-state index in [4.69, 9.17) is 32.9 Å². The van der Waals surface area contributed by atoms with Crippen LogP contribution < -0.4 is 14.5 Å². The van der Waals surface area contributed by atoms with Crippen molar-refractivity contribution in [3.8, 4) is 5.75 Å². The third kappa shape index (κ3) is 4.90. The molecular weight excluding hydrogens is 425 g/mol. The number of aromatic nitrogens is 2. The molecule has 160 valence electrons. The van der Waals surface area contributed by atoms with Gasteiger partial charge in [-0.15, -0.1) is 0 Å². The van der Waals surface area contributed by atoms with Crippen LogP contribution in [0.3, 0.4) is 0 Å². The highest BCUT2D eigenvalue weighted by Gasteiger charge is 2.24. The topological polar surface area (TPSA) is 61.8 Å². The van der Waals surface area contributed by atoms with Crippen LogP contribution in [-0.4, -0.2) is 66.7 Å². The minimum atomic E-state index is -0.0661. The van der Waals surface area contributed by atoms with Gasteiger partial charge in [0.25, 0.3) is 5.91 Å². The van der Waals surface area contributed by atoms with Gasteiger partial charge >= 0.3 is 0 Å². The quantitative estimate of drug-likeness (QED) is 0.696. The number of halogens is 2. The van der Waals surface area contributed by atoms with Crippen LogP contribution in [0.4, 0.5) is 11.8 Å². The molecule has 2 aliphatic rings. The Kier molecular flexibility index (Phi) is 6.49. The summed E-state index contributed by atoms with van der Waals surface area (Å²) in [7, 11) is 0. The van der Waals surface area contributed by atoms with E-state index in [1.54, 1.807) is 23.1 Å². The molecule has 0 saturated carbocycles. The number of rotatable bonds is 5. The SMILES string of the molecule is Cc1cc(N2CCCC2)nc(N2CCN(C(=O)COc3ccc(Cl)cc3Cl)CC2)n1. The molecule has 0 N–H and O–H groups in total. The molecule has 30 heavy (non-hydrogen) atoms. The van der Waals surface area contributed by atoms with Crippen molar-refractivity contribution in [1.29, 1.82) is 0 Å². The Labute approximate surface area is 186 Å². The van der Waals surface area contributed by atoms with Crippen molar-refractivity contribution in [2.75, 3.05) is 55.7 Å². The minimum Gasteiger partial charge on any atom is -0.482 e. The third-order valence-corrected chi connectivity index (χ3v) is 5.95. The molecule has 0 radical (unpaired) electrons. The summed E-state index contributed by atoms with van der Waals surface area (Å²) in [6, 6.07) is 7.00. The van der Waals surface area contributed by atoms with Crippen molar-refractivity contribution in [2.45, 2.75) is 19.8 Å². The summed E-state index contributed by atoms with van der Waals surface area (Å²) in [5, 5.41) is 0.923. The van der Waals surface area contributed by atoms with Crippen LogP contribution in [0, 0.1) is 6.92 Å². The Morgan fingerprint density at radius 3 is 2.43 bits per heavy atom. The van der Waals surface area contributed by atoms with Crippen LogP contribution in [0.5, 0.6) is 5.75 Å². The van der Waals surface area contributed by atoms with E-state index in [9.17, 15) is 4.79 Å². The molecule has 1 aromatic carbocycles. The lowest BCUT2D eigenvalue weighted by atomic mass is 10.3. The fraction of sp³-hybridized carbons (Fsp3) is 0.476. The zero-order valence-electron chi connectivity index (χ0n) is 17.0. The van der Waals surface area contributed by atoms with Crippen LogP contribution >= 0.6 is 23.2 Å². The lowest BCUT2D eigenvalue weighted by Crippen LogP contribution is -2.50. The second-order valence-electron chi connectivity index (χ2n) is 7.59. The van der Waals surface area contributed by atoms with Crippen molar-refractivity contribution in [3.05, 3.63) is 40.0 Å². The van der Waals surface area contributed by atoms with E-state index in [2.05, 4.69) is 14.8 Å². The van der Waals surface area contributed by atoms with Crippen LogP contribution in [0.15, 0.2) is 24.3 Å². The van der Waals surface area contributed by atoms with E-state index >= 15 is 0 Å². The van der Waals surface area contributed by atoms with Crippen molar-refractivity contribution >= 4 is 40.9 Å². The molecule has 0 bridgehead atoms. The Morgan fingerprint density at radius 2 is 1.73 bits per heavy atom. The maximum atomic E-state index is 12.6. The zero-order chi connectivity index (χ0) is 21.1. The van der Waals surface area contributed by atoms with Crippen molar-refractivity contribution in [3.63, 3.8) is 0 Å². The Morgan fingerprint density at radius 1 is 1.00 bits per heavy atom. The maximum absolute atomic E-state index is 12.6. The molecule has 0 unspecified atom stereocenters. The molecule has 9 heteroatoms. The van der Waals surface area contributed by atoms with Gasteiger partial charge in [-0.05, 0) is 38.0 Å². The molecule has 0 aliphatic carbocycles. The third-order valence-electron chi connectivity index (χ3n) is 5.42. The first-order valence-electron chi connectivity index (χ1n) is 10.2. The van der Waals surface area contributed by atoms with Gasteiger partial charge in [0.05, 0.1) is 5.02 Å². The summed E-state index contributed by atoms with van der Waals surface area (Å²) in [4.78, 5) is 28.2. The number of nitrogens with zero attached hydrogens (tertiary/aromatic N) is 5. The van der Waals surface area contributed by atoms with E-state index in [-0.39, 0.29) is 12.5 Å². The van der Waals surface area contributed by atoms with Crippen LogP contribution in [0.25, 0.3) is 0 Å². The predicted octanol–water partition coefficient (Wildman–Crippen LogP) is 3.42. The normalized spacial score (nSPS) is 16.8. The Balaban J connectivity index is 1.33. The highest BCUT2D eigenvalue weighted by molar-refractivity contribution is 6.35. The van der Waals surface area contributed by atoms with E-state index < -0.39 is 0 Å². The van der Waals surface area contributed by atoms with Gasteiger partial charge in [0.1, 0.15) is 11.6 Å². The van der Waals surface area contributed by atoms with Gasteiger partial charge < -0.3 is 19.4 Å². The summed E-state index contributed by atoms with van der Waals surface area (Å²) in [6.07, 6.45) is 2.42. The second-order valence-corrected chi connectivity index (χ2v) is 8.44. The fourth-order valence-electron chi connectivity index (χ4n) is 3.77. The number of carbonyl (C=O) groups excluding carboxylic acids is 1.